The van der Waals surface area contributed by atoms with Gasteiger partial charge >= 0.3 is 5.97 Å². The topological polar surface area (TPSA) is 69.9 Å². The van der Waals surface area contributed by atoms with Crippen molar-refractivity contribution in [2.24, 2.45) is 0 Å². The summed E-state index contributed by atoms with van der Waals surface area (Å²) in [6.07, 6.45) is 1.80. The van der Waals surface area contributed by atoms with Gasteiger partial charge in [-0.05, 0) is 41.4 Å². The van der Waals surface area contributed by atoms with Crippen LogP contribution in [0.3, 0.4) is 0 Å². The Labute approximate surface area is 192 Å². The van der Waals surface area contributed by atoms with Crippen LogP contribution < -0.4 is 9.99 Å². The fourth-order valence-electron chi connectivity index (χ4n) is 2.91. The second kappa shape index (κ2) is 8.67. The Balaban J connectivity index is 2.16. The standard InChI is InChI=1S/C23H26ClFN2O4Si/c1-23(2,3)32(5,6)31-20-19(22(29)30-4)26-17-11-10-14(13-27(17)21(20)28)12-15-8-7-9-16(24)18(15)25/h7-11,13H,12H2,1-6H3. The molecule has 2 heterocycles. The number of pyridine rings is 1. The molecule has 0 aliphatic heterocycles. The Bertz CT molecular complexity index is 1250. The molecule has 2 aromatic heterocycles. The zero-order chi connectivity index (χ0) is 23.8. The average Bonchev–Trinajstić information content (AvgIpc) is 2.72. The number of benzene rings is 1. The van der Waals surface area contributed by atoms with Crippen LogP contribution in [0.1, 0.15) is 42.4 Å². The van der Waals surface area contributed by atoms with Gasteiger partial charge in [0.1, 0.15) is 11.5 Å². The largest absolute Gasteiger partial charge is 0.538 e. The van der Waals surface area contributed by atoms with Crippen LogP contribution in [0.2, 0.25) is 23.2 Å². The molecule has 0 aliphatic carbocycles. The van der Waals surface area contributed by atoms with Gasteiger partial charge in [0.15, 0.2) is 5.69 Å². The molecule has 32 heavy (non-hydrogen) atoms. The number of carbonyl (C=O) groups is 1. The summed E-state index contributed by atoms with van der Waals surface area (Å²) >= 11 is 5.88. The van der Waals surface area contributed by atoms with Crippen molar-refractivity contribution in [1.29, 1.82) is 0 Å². The quantitative estimate of drug-likeness (QED) is 0.371. The molecule has 0 spiro atoms. The Morgan fingerprint density at radius 1 is 1.22 bits per heavy atom. The van der Waals surface area contributed by atoms with Crippen LogP contribution in [0.15, 0.2) is 41.3 Å². The lowest BCUT2D eigenvalue weighted by atomic mass is 10.1. The van der Waals surface area contributed by atoms with Crippen molar-refractivity contribution in [3.63, 3.8) is 0 Å². The third-order valence-electron chi connectivity index (χ3n) is 5.81. The smallest absolute Gasteiger partial charge is 0.360 e. The number of hydrogen-bond donors (Lipinski definition) is 0. The second-order valence-corrected chi connectivity index (χ2v) is 14.2. The fourth-order valence-corrected chi connectivity index (χ4v) is 4.11. The van der Waals surface area contributed by atoms with E-state index >= 15 is 0 Å². The van der Waals surface area contributed by atoms with E-state index in [-0.39, 0.29) is 33.6 Å². The number of carbonyl (C=O) groups excluding carboxylic acids is 1. The Kier molecular flexibility index (Phi) is 6.49. The van der Waals surface area contributed by atoms with E-state index in [0.29, 0.717) is 11.1 Å². The average molecular weight is 477 g/mol. The molecule has 0 aliphatic rings. The predicted octanol–water partition coefficient (Wildman–Crippen LogP) is 5.25. The summed E-state index contributed by atoms with van der Waals surface area (Å²) in [7, 11) is -1.24. The summed E-state index contributed by atoms with van der Waals surface area (Å²) in [5.41, 5.74) is 0.659. The minimum atomic E-state index is -2.47. The molecule has 3 rings (SSSR count). The lowest BCUT2D eigenvalue weighted by Crippen LogP contribution is -2.46. The highest BCUT2D eigenvalue weighted by Gasteiger charge is 2.41. The number of nitrogens with zero attached hydrogens (tertiary/aromatic N) is 2. The highest BCUT2D eigenvalue weighted by molar-refractivity contribution is 6.74. The first-order chi connectivity index (χ1) is 14.9. The summed E-state index contributed by atoms with van der Waals surface area (Å²) in [5.74, 6) is -1.38. The zero-order valence-corrected chi connectivity index (χ0v) is 20.7. The molecule has 0 saturated heterocycles. The summed E-state index contributed by atoms with van der Waals surface area (Å²) < 4.78 is 26.7. The van der Waals surface area contributed by atoms with Gasteiger partial charge in [-0.1, -0.05) is 50.6 Å². The van der Waals surface area contributed by atoms with Gasteiger partial charge in [0.05, 0.1) is 12.1 Å². The van der Waals surface area contributed by atoms with E-state index < -0.39 is 25.7 Å². The monoisotopic (exact) mass is 476 g/mol. The number of halogens is 2. The highest BCUT2D eigenvalue weighted by atomic mass is 35.5. The van der Waals surface area contributed by atoms with Crippen LogP contribution >= 0.6 is 11.6 Å². The molecule has 0 amide bonds. The molecule has 0 unspecified atom stereocenters. The van der Waals surface area contributed by atoms with Gasteiger partial charge in [-0.2, -0.15) is 0 Å². The fraction of sp³-hybridized carbons (Fsp3) is 0.348. The van der Waals surface area contributed by atoms with Gasteiger partial charge in [0.25, 0.3) is 13.9 Å². The molecule has 0 atom stereocenters. The summed E-state index contributed by atoms with van der Waals surface area (Å²) in [5, 5.41) is -0.173. The van der Waals surface area contributed by atoms with Gasteiger partial charge in [-0.15, -0.1) is 0 Å². The summed E-state index contributed by atoms with van der Waals surface area (Å²) in [6.45, 7) is 10.0. The van der Waals surface area contributed by atoms with E-state index in [1.165, 1.54) is 17.6 Å². The normalized spacial score (nSPS) is 12.1. The molecular weight excluding hydrogens is 451 g/mol. The molecule has 170 valence electrons. The minimum Gasteiger partial charge on any atom is -0.538 e. The molecule has 3 aromatic rings. The Morgan fingerprint density at radius 3 is 2.53 bits per heavy atom. The first-order valence-corrected chi connectivity index (χ1v) is 13.4. The number of fused-ring (bicyclic) bond motifs is 1. The molecule has 0 N–H and O–H groups in total. The molecule has 6 nitrogen and oxygen atoms in total. The van der Waals surface area contributed by atoms with Crippen molar-refractivity contribution < 1.29 is 18.3 Å². The SMILES string of the molecule is COC(=O)c1nc2ccc(Cc3cccc(Cl)c3F)cn2c(=O)c1O[Si](C)(C)C(C)(C)C. The van der Waals surface area contributed by atoms with E-state index in [1.54, 1.807) is 30.5 Å². The van der Waals surface area contributed by atoms with Gasteiger partial charge in [-0.3, -0.25) is 9.20 Å². The second-order valence-electron chi connectivity index (χ2n) is 9.10. The zero-order valence-electron chi connectivity index (χ0n) is 19.0. The van der Waals surface area contributed by atoms with Gasteiger partial charge < -0.3 is 9.16 Å². The lowest BCUT2D eigenvalue weighted by molar-refractivity contribution is 0.0591. The number of aromatic nitrogens is 2. The minimum absolute atomic E-state index is 0.0369. The third kappa shape index (κ3) is 4.56. The maximum atomic E-state index is 14.3. The van der Waals surface area contributed by atoms with Gasteiger partial charge in [0, 0.05) is 12.6 Å². The summed E-state index contributed by atoms with van der Waals surface area (Å²) in [6, 6.07) is 8.11. The first-order valence-electron chi connectivity index (χ1n) is 10.1. The van der Waals surface area contributed by atoms with Crippen LogP contribution in [-0.2, 0) is 11.2 Å². The predicted molar refractivity (Wildman–Crippen MR) is 125 cm³/mol. The number of ether oxygens (including phenoxy) is 1. The third-order valence-corrected chi connectivity index (χ3v) is 10.4. The summed E-state index contributed by atoms with van der Waals surface area (Å²) in [4.78, 5) is 30.2. The number of hydrogen-bond acceptors (Lipinski definition) is 5. The van der Waals surface area contributed by atoms with Crippen LogP contribution in [-0.4, -0.2) is 30.8 Å². The maximum Gasteiger partial charge on any atom is 0.360 e. The molecule has 1 aromatic carbocycles. The lowest BCUT2D eigenvalue weighted by Gasteiger charge is -2.36. The van der Waals surface area contributed by atoms with Gasteiger partial charge in [-0.25, -0.2) is 14.2 Å². The van der Waals surface area contributed by atoms with Crippen molar-refractivity contribution in [2.75, 3.05) is 7.11 Å². The van der Waals surface area contributed by atoms with E-state index in [4.69, 9.17) is 20.8 Å². The van der Waals surface area contributed by atoms with Crippen LogP contribution in [0.5, 0.6) is 5.75 Å². The highest BCUT2D eigenvalue weighted by Crippen LogP contribution is 2.37. The molecule has 0 fully saturated rings. The van der Waals surface area contributed by atoms with Crippen molar-refractivity contribution >= 4 is 31.5 Å². The van der Waals surface area contributed by atoms with Gasteiger partial charge in [0.2, 0.25) is 5.75 Å². The van der Waals surface area contributed by atoms with Crippen LogP contribution in [0.25, 0.3) is 5.65 Å². The first kappa shape index (κ1) is 23.9. The van der Waals surface area contributed by atoms with E-state index in [9.17, 15) is 14.0 Å². The molecule has 0 bridgehead atoms. The van der Waals surface area contributed by atoms with E-state index in [0.717, 1.165) is 0 Å². The molecule has 9 heteroatoms. The van der Waals surface area contributed by atoms with Crippen molar-refractivity contribution in [2.45, 2.75) is 45.3 Å². The van der Waals surface area contributed by atoms with Crippen molar-refractivity contribution in [3.8, 4) is 5.75 Å². The molecule has 0 radical (unpaired) electrons. The van der Waals surface area contributed by atoms with E-state index in [1.807, 2.05) is 33.9 Å². The maximum absolute atomic E-state index is 14.3. The number of methoxy groups -OCH3 is 1. The number of esters is 1. The van der Waals surface area contributed by atoms with Crippen LogP contribution in [0.4, 0.5) is 4.39 Å². The Hall–Kier alpha value is -2.71. The van der Waals surface area contributed by atoms with Crippen LogP contribution in [0, 0.1) is 5.82 Å². The Morgan fingerprint density at radius 2 is 1.91 bits per heavy atom. The van der Waals surface area contributed by atoms with E-state index in [2.05, 4.69) is 4.98 Å². The molecular formula is C23H26ClFN2O4Si. The van der Waals surface area contributed by atoms with Crippen molar-refractivity contribution in [3.05, 3.63) is 74.5 Å². The van der Waals surface area contributed by atoms with Crippen molar-refractivity contribution in [1.82, 2.24) is 9.38 Å². The molecule has 0 saturated carbocycles. The number of rotatable bonds is 5.